The minimum Gasteiger partial charge on any atom is -0.462 e. The van der Waals surface area contributed by atoms with E-state index in [1.165, 1.54) is 83.5 Å². The quantitative estimate of drug-likeness (QED) is 0.0262. The van der Waals surface area contributed by atoms with E-state index in [0.29, 0.717) is 19.3 Å². The first-order chi connectivity index (χ1) is 31.5. The Bertz CT molecular complexity index is 1210. The van der Waals surface area contributed by atoms with E-state index in [1.54, 1.807) is 0 Å². The molecule has 0 fully saturated rings. The normalized spacial score (nSPS) is 12.6. The van der Waals surface area contributed by atoms with Crippen LogP contribution in [-0.2, 0) is 28.6 Å². The summed E-state index contributed by atoms with van der Waals surface area (Å²) in [6.45, 7) is 6.53. The summed E-state index contributed by atoms with van der Waals surface area (Å²) in [5.74, 6) is -0.930. The van der Waals surface area contributed by atoms with Crippen LogP contribution in [0.2, 0.25) is 0 Å². The van der Waals surface area contributed by atoms with Gasteiger partial charge in [-0.2, -0.15) is 0 Å². The standard InChI is InChI=1S/C58H100O6/c1-4-7-10-13-16-19-22-25-28-30-33-36-39-42-45-48-51-57(60)63-54-55(53-62-56(59)50-47-44-41-38-35-32-27-24-21-18-15-12-9-6-3)64-58(61)52-49-46-43-40-37-34-31-29-26-23-20-17-14-11-8-5-2/h15,18-20,22-24,27-31,55H,4-14,16-17,21,25-26,32-54H2,1-3H3/b18-15-,22-19-,23-20-,27-24-,30-28-,31-29-. The van der Waals surface area contributed by atoms with Crippen molar-refractivity contribution < 1.29 is 28.6 Å². The zero-order chi connectivity index (χ0) is 46.5. The van der Waals surface area contributed by atoms with Gasteiger partial charge in [0, 0.05) is 19.3 Å². The Kier molecular flexibility index (Phi) is 49.9. The Labute approximate surface area is 395 Å². The zero-order valence-electron chi connectivity index (χ0n) is 42.0. The lowest BCUT2D eigenvalue weighted by Crippen LogP contribution is -2.30. The molecule has 0 heterocycles. The fourth-order valence-electron chi connectivity index (χ4n) is 7.28. The van der Waals surface area contributed by atoms with Crippen LogP contribution >= 0.6 is 0 Å². The van der Waals surface area contributed by atoms with Crippen LogP contribution in [-0.4, -0.2) is 37.2 Å². The molecule has 0 aliphatic rings. The van der Waals surface area contributed by atoms with E-state index in [4.69, 9.17) is 14.2 Å². The molecular formula is C58H100O6. The molecule has 0 bridgehead atoms. The molecule has 0 rings (SSSR count). The van der Waals surface area contributed by atoms with Crippen molar-refractivity contribution in [3.63, 3.8) is 0 Å². The fraction of sp³-hybridized carbons (Fsp3) is 0.741. The first-order valence-electron chi connectivity index (χ1n) is 26.9. The molecule has 64 heavy (non-hydrogen) atoms. The van der Waals surface area contributed by atoms with E-state index < -0.39 is 6.10 Å². The van der Waals surface area contributed by atoms with Crippen molar-refractivity contribution in [2.45, 2.75) is 264 Å². The third kappa shape index (κ3) is 49.9. The van der Waals surface area contributed by atoms with Crippen LogP contribution in [0.1, 0.15) is 258 Å². The van der Waals surface area contributed by atoms with Crippen LogP contribution in [0.4, 0.5) is 0 Å². The molecule has 0 radical (unpaired) electrons. The molecule has 0 aromatic heterocycles. The number of esters is 3. The van der Waals surface area contributed by atoms with Gasteiger partial charge in [-0.15, -0.1) is 0 Å². The van der Waals surface area contributed by atoms with E-state index in [1.807, 2.05) is 0 Å². The number of rotatable bonds is 48. The second-order valence-corrected chi connectivity index (χ2v) is 17.8. The largest absolute Gasteiger partial charge is 0.462 e. The maximum atomic E-state index is 12.8. The minimum absolute atomic E-state index is 0.0932. The molecule has 0 aliphatic heterocycles. The SMILES string of the molecule is CCCC/C=C\C/C=C\CCCCCCCC(=O)OCC(COC(=O)CCCCCCC/C=C\C/C=C\CCCCCC)OC(=O)CCCCCCC/C=C\C/C=C\CCCCCC. The zero-order valence-corrected chi connectivity index (χ0v) is 42.0. The van der Waals surface area contributed by atoms with Gasteiger partial charge in [0.25, 0.3) is 0 Å². The van der Waals surface area contributed by atoms with E-state index in [9.17, 15) is 14.4 Å². The summed E-state index contributed by atoms with van der Waals surface area (Å²) in [4.78, 5) is 38.0. The second kappa shape index (κ2) is 52.5. The fourth-order valence-corrected chi connectivity index (χ4v) is 7.28. The Balaban J connectivity index is 4.46. The van der Waals surface area contributed by atoms with Crippen molar-refractivity contribution in [2.24, 2.45) is 0 Å². The summed E-state index contributed by atoms with van der Waals surface area (Å²) in [6, 6.07) is 0. The molecule has 0 aromatic rings. The van der Waals surface area contributed by atoms with Crippen molar-refractivity contribution in [1.82, 2.24) is 0 Å². The van der Waals surface area contributed by atoms with Crippen molar-refractivity contribution in [2.75, 3.05) is 13.2 Å². The van der Waals surface area contributed by atoms with Crippen LogP contribution in [0.3, 0.4) is 0 Å². The Hall–Kier alpha value is -3.15. The lowest BCUT2D eigenvalue weighted by atomic mass is 10.1. The van der Waals surface area contributed by atoms with Crippen molar-refractivity contribution in [3.8, 4) is 0 Å². The van der Waals surface area contributed by atoms with Gasteiger partial charge in [-0.1, -0.05) is 203 Å². The lowest BCUT2D eigenvalue weighted by Gasteiger charge is -2.18. The van der Waals surface area contributed by atoms with Crippen LogP contribution in [0.25, 0.3) is 0 Å². The summed E-state index contributed by atoms with van der Waals surface area (Å²) in [5.41, 5.74) is 0. The van der Waals surface area contributed by atoms with E-state index in [0.717, 1.165) is 135 Å². The van der Waals surface area contributed by atoms with Crippen LogP contribution in [0, 0.1) is 0 Å². The van der Waals surface area contributed by atoms with Crippen molar-refractivity contribution in [3.05, 3.63) is 72.9 Å². The minimum atomic E-state index is -0.794. The molecule has 0 aromatic carbocycles. The number of ether oxygens (including phenoxy) is 3. The summed E-state index contributed by atoms with van der Waals surface area (Å²) in [5, 5.41) is 0. The van der Waals surface area contributed by atoms with Gasteiger partial charge in [0.05, 0.1) is 0 Å². The second-order valence-electron chi connectivity index (χ2n) is 17.8. The molecule has 0 saturated carbocycles. The van der Waals surface area contributed by atoms with Gasteiger partial charge in [-0.05, 0) is 109 Å². The highest BCUT2D eigenvalue weighted by Crippen LogP contribution is 2.13. The van der Waals surface area contributed by atoms with Gasteiger partial charge in [-0.25, -0.2) is 0 Å². The van der Waals surface area contributed by atoms with Gasteiger partial charge in [0.1, 0.15) is 13.2 Å². The molecular weight excluding hydrogens is 793 g/mol. The van der Waals surface area contributed by atoms with E-state index in [-0.39, 0.29) is 31.1 Å². The Morgan fingerprint density at radius 3 is 0.906 bits per heavy atom. The van der Waals surface area contributed by atoms with Gasteiger partial charge >= 0.3 is 17.9 Å². The number of unbranched alkanes of at least 4 members (excludes halogenated alkanes) is 25. The highest BCUT2D eigenvalue weighted by molar-refractivity contribution is 5.71. The van der Waals surface area contributed by atoms with Crippen molar-refractivity contribution in [1.29, 1.82) is 0 Å². The smallest absolute Gasteiger partial charge is 0.306 e. The maximum absolute atomic E-state index is 12.8. The van der Waals surface area contributed by atoms with E-state index >= 15 is 0 Å². The summed E-state index contributed by atoms with van der Waals surface area (Å²) >= 11 is 0. The van der Waals surface area contributed by atoms with Crippen LogP contribution < -0.4 is 0 Å². The first-order valence-corrected chi connectivity index (χ1v) is 26.9. The molecule has 0 saturated heterocycles. The van der Waals surface area contributed by atoms with Gasteiger partial charge < -0.3 is 14.2 Å². The summed E-state index contributed by atoms with van der Waals surface area (Å²) in [6.07, 6.45) is 65.9. The van der Waals surface area contributed by atoms with Crippen molar-refractivity contribution >= 4 is 17.9 Å². The molecule has 0 N–H and O–H groups in total. The number of carbonyl (C=O) groups is 3. The average Bonchev–Trinajstić information content (AvgIpc) is 3.29. The monoisotopic (exact) mass is 893 g/mol. The predicted molar refractivity (Wildman–Crippen MR) is 274 cm³/mol. The topological polar surface area (TPSA) is 78.9 Å². The van der Waals surface area contributed by atoms with Gasteiger partial charge in [0.15, 0.2) is 6.10 Å². The lowest BCUT2D eigenvalue weighted by molar-refractivity contribution is -0.167. The van der Waals surface area contributed by atoms with E-state index in [2.05, 4.69) is 93.7 Å². The van der Waals surface area contributed by atoms with Crippen LogP contribution in [0.5, 0.6) is 0 Å². The van der Waals surface area contributed by atoms with Gasteiger partial charge in [0.2, 0.25) is 0 Å². The third-order valence-electron chi connectivity index (χ3n) is 11.4. The first kappa shape index (κ1) is 60.9. The third-order valence-corrected chi connectivity index (χ3v) is 11.4. The maximum Gasteiger partial charge on any atom is 0.306 e. The average molecular weight is 893 g/mol. The molecule has 1 unspecified atom stereocenters. The van der Waals surface area contributed by atoms with Crippen LogP contribution in [0.15, 0.2) is 72.9 Å². The Morgan fingerprint density at radius 1 is 0.312 bits per heavy atom. The molecule has 6 heteroatoms. The molecule has 1 atom stereocenters. The molecule has 0 amide bonds. The summed E-state index contributed by atoms with van der Waals surface area (Å²) in [7, 11) is 0. The predicted octanol–water partition coefficient (Wildman–Crippen LogP) is 17.8. The number of allylic oxidation sites excluding steroid dienone is 12. The highest BCUT2D eigenvalue weighted by atomic mass is 16.6. The molecule has 368 valence electrons. The highest BCUT2D eigenvalue weighted by Gasteiger charge is 2.19. The Morgan fingerprint density at radius 2 is 0.578 bits per heavy atom. The van der Waals surface area contributed by atoms with Gasteiger partial charge in [-0.3, -0.25) is 14.4 Å². The summed E-state index contributed by atoms with van der Waals surface area (Å²) < 4.78 is 16.8. The molecule has 0 spiro atoms. The number of hydrogen-bond acceptors (Lipinski definition) is 6. The number of hydrogen-bond donors (Lipinski definition) is 0. The molecule has 0 aliphatic carbocycles. The molecule has 6 nitrogen and oxygen atoms in total. The number of carbonyl (C=O) groups excluding carboxylic acids is 3.